The van der Waals surface area contributed by atoms with Crippen LogP contribution in [0.25, 0.3) is 0 Å². The number of rotatable bonds is 4. The molecule has 0 rings (SSSR count). The number of alkyl carbamates (subject to hydrolysis) is 1. The Hall–Kier alpha value is -1.52. The number of hydrogen-bond donors (Lipinski definition) is 2. The Morgan fingerprint density at radius 3 is 2.40 bits per heavy atom. The van der Waals surface area contributed by atoms with E-state index < -0.39 is 11.7 Å². The fourth-order valence-corrected chi connectivity index (χ4v) is 0.715. The molecule has 0 aromatic heterocycles. The van der Waals surface area contributed by atoms with Gasteiger partial charge in [-0.25, -0.2) is 4.79 Å². The summed E-state index contributed by atoms with van der Waals surface area (Å²) in [6.07, 6.45) is 0.960. The Kier molecular flexibility index (Phi) is 5.44. The third-order valence-electron chi connectivity index (χ3n) is 1.24. The summed E-state index contributed by atoms with van der Waals surface area (Å²) in [6, 6.07) is 0. The highest BCUT2D eigenvalue weighted by molar-refractivity contribution is 5.82. The Morgan fingerprint density at radius 1 is 1.33 bits per heavy atom. The fourth-order valence-electron chi connectivity index (χ4n) is 0.715. The van der Waals surface area contributed by atoms with Gasteiger partial charge in [0.05, 0.1) is 0 Å². The second-order valence-corrected chi connectivity index (χ2v) is 3.95. The number of hydrogen-bond acceptors (Lipinski definition) is 3. The van der Waals surface area contributed by atoms with Crippen molar-refractivity contribution < 1.29 is 14.3 Å². The predicted octanol–water partition coefficient (Wildman–Crippen LogP) is 0.813. The molecule has 0 aromatic carbocycles. The lowest BCUT2D eigenvalue weighted by Gasteiger charge is -2.19. The largest absolute Gasteiger partial charge is 0.444 e. The highest BCUT2D eigenvalue weighted by Crippen LogP contribution is 2.05. The van der Waals surface area contributed by atoms with Crippen LogP contribution in [0.15, 0.2) is 12.7 Å². The molecule has 0 aromatic rings. The van der Waals surface area contributed by atoms with Crippen LogP contribution >= 0.6 is 0 Å². The van der Waals surface area contributed by atoms with Crippen molar-refractivity contribution in [3.8, 4) is 0 Å². The van der Waals surface area contributed by atoms with Gasteiger partial charge < -0.3 is 15.4 Å². The minimum Gasteiger partial charge on any atom is -0.444 e. The quantitative estimate of drug-likeness (QED) is 0.681. The van der Waals surface area contributed by atoms with Crippen LogP contribution in [-0.2, 0) is 9.53 Å². The number of amides is 2. The van der Waals surface area contributed by atoms with Crippen LogP contribution in [0.3, 0.4) is 0 Å². The summed E-state index contributed by atoms with van der Waals surface area (Å²) in [5, 5.41) is 4.86. The first-order valence-corrected chi connectivity index (χ1v) is 4.69. The maximum Gasteiger partial charge on any atom is 0.408 e. The second-order valence-electron chi connectivity index (χ2n) is 3.95. The molecular formula is C10H18N2O3. The maximum absolute atomic E-state index is 11.1. The first-order valence-electron chi connectivity index (χ1n) is 4.69. The van der Waals surface area contributed by atoms with E-state index in [0.717, 1.165) is 0 Å². The van der Waals surface area contributed by atoms with Crippen molar-refractivity contribution in [2.24, 2.45) is 0 Å². The van der Waals surface area contributed by atoms with E-state index in [1.807, 2.05) is 0 Å². The van der Waals surface area contributed by atoms with Crippen molar-refractivity contribution in [1.82, 2.24) is 10.6 Å². The molecule has 5 nitrogen and oxygen atoms in total. The molecule has 0 atom stereocenters. The first-order chi connectivity index (χ1) is 6.85. The van der Waals surface area contributed by atoms with Gasteiger partial charge in [0.25, 0.3) is 0 Å². The molecule has 0 aliphatic rings. The minimum atomic E-state index is -0.601. The standard InChI is InChI=1S/C10H18N2O3/c1-5-6-11-8(13)7-12-9(14)15-10(2,3)4/h5H,1,6-7H2,2-4H3,(H,11,13)(H,12,14). The minimum absolute atomic E-state index is 0.0945. The number of carbonyl (C=O) groups excluding carboxylic acids is 2. The smallest absolute Gasteiger partial charge is 0.408 e. The van der Waals surface area contributed by atoms with Crippen molar-refractivity contribution in [3.63, 3.8) is 0 Å². The van der Waals surface area contributed by atoms with E-state index in [9.17, 15) is 9.59 Å². The Labute approximate surface area is 89.9 Å². The van der Waals surface area contributed by atoms with Crippen LogP contribution in [0, 0.1) is 0 Å². The van der Waals surface area contributed by atoms with Gasteiger partial charge in [0.1, 0.15) is 12.1 Å². The molecule has 0 heterocycles. The third kappa shape index (κ3) is 8.80. The molecule has 0 aliphatic heterocycles. The molecule has 2 amide bonds. The van der Waals surface area contributed by atoms with Gasteiger partial charge in [-0.2, -0.15) is 0 Å². The monoisotopic (exact) mass is 214 g/mol. The molecule has 0 spiro atoms. The zero-order valence-electron chi connectivity index (χ0n) is 9.42. The summed E-state index contributed by atoms with van der Waals surface area (Å²) in [4.78, 5) is 22.1. The SMILES string of the molecule is C=CCNC(=O)CNC(=O)OC(C)(C)C. The highest BCUT2D eigenvalue weighted by Gasteiger charge is 2.16. The van der Waals surface area contributed by atoms with Gasteiger partial charge in [-0.15, -0.1) is 6.58 Å². The molecule has 5 heteroatoms. The van der Waals surface area contributed by atoms with Gasteiger partial charge in [0.15, 0.2) is 0 Å². The van der Waals surface area contributed by atoms with E-state index in [1.165, 1.54) is 0 Å². The Morgan fingerprint density at radius 2 is 1.93 bits per heavy atom. The molecule has 0 saturated heterocycles. The van der Waals surface area contributed by atoms with Crippen LogP contribution < -0.4 is 10.6 Å². The molecule has 0 unspecified atom stereocenters. The van der Waals surface area contributed by atoms with Crippen LogP contribution in [0.5, 0.6) is 0 Å². The molecule has 15 heavy (non-hydrogen) atoms. The topological polar surface area (TPSA) is 67.4 Å². The van der Waals surface area contributed by atoms with Gasteiger partial charge in [0.2, 0.25) is 5.91 Å². The maximum atomic E-state index is 11.1. The van der Waals surface area contributed by atoms with Gasteiger partial charge >= 0.3 is 6.09 Å². The van der Waals surface area contributed by atoms with Gasteiger partial charge in [-0.1, -0.05) is 6.08 Å². The average molecular weight is 214 g/mol. The molecule has 0 fully saturated rings. The fraction of sp³-hybridized carbons (Fsp3) is 0.600. The van der Waals surface area contributed by atoms with E-state index in [0.29, 0.717) is 6.54 Å². The predicted molar refractivity (Wildman–Crippen MR) is 57.4 cm³/mol. The van der Waals surface area contributed by atoms with Gasteiger partial charge in [0, 0.05) is 6.54 Å². The van der Waals surface area contributed by atoms with E-state index in [1.54, 1.807) is 26.8 Å². The molecule has 2 N–H and O–H groups in total. The molecular weight excluding hydrogens is 196 g/mol. The molecule has 0 bridgehead atoms. The molecule has 86 valence electrons. The van der Waals surface area contributed by atoms with Crippen molar-refractivity contribution in [3.05, 3.63) is 12.7 Å². The van der Waals surface area contributed by atoms with Crippen molar-refractivity contribution in [1.29, 1.82) is 0 Å². The summed E-state index contributed by atoms with van der Waals surface area (Å²) in [7, 11) is 0. The molecule has 0 saturated carbocycles. The van der Waals surface area contributed by atoms with E-state index in [4.69, 9.17) is 4.74 Å². The van der Waals surface area contributed by atoms with Crippen molar-refractivity contribution in [2.75, 3.05) is 13.1 Å². The zero-order chi connectivity index (χ0) is 11.9. The normalized spacial score (nSPS) is 10.3. The highest BCUT2D eigenvalue weighted by atomic mass is 16.6. The lowest BCUT2D eigenvalue weighted by atomic mass is 10.2. The van der Waals surface area contributed by atoms with Crippen LogP contribution in [-0.4, -0.2) is 30.7 Å². The average Bonchev–Trinajstić information content (AvgIpc) is 2.08. The van der Waals surface area contributed by atoms with Crippen molar-refractivity contribution in [2.45, 2.75) is 26.4 Å². The number of nitrogens with one attached hydrogen (secondary N) is 2. The third-order valence-corrected chi connectivity index (χ3v) is 1.24. The summed E-state index contributed by atoms with van der Waals surface area (Å²) in [5.41, 5.74) is -0.554. The Bertz CT molecular complexity index is 244. The Balaban J connectivity index is 3.71. The summed E-state index contributed by atoms with van der Waals surface area (Å²) < 4.78 is 4.94. The number of ether oxygens (including phenoxy) is 1. The van der Waals surface area contributed by atoms with E-state index in [2.05, 4.69) is 17.2 Å². The van der Waals surface area contributed by atoms with Crippen molar-refractivity contribution >= 4 is 12.0 Å². The van der Waals surface area contributed by atoms with E-state index in [-0.39, 0.29) is 12.5 Å². The van der Waals surface area contributed by atoms with Crippen LogP contribution in [0.2, 0.25) is 0 Å². The number of carbonyl (C=O) groups is 2. The lowest BCUT2D eigenvalue weighted by molar-refractivity contribution is -0.120. The lowest BCUT2D eigenvalue weighted by Crippen LogP contribution is -2.39. The first kappa shape index (κ1) is 13.5. The summed E-state index contributed by atoms with van der Waals surface area (Å²) >= 11 is 0. The summed E-state index contributed by atoms with van der Waals surface area (Å²) in [6.45, 7) is 9.00. The van der Waals surface area contributed by atoms with Gasteiger partial charge in [-0.3, -0.25) is 4.79 Å². The molecule has 0 radical (unpaired) electrons. The molecule has 0 aliphatic carbocycles. The van der Waals surface area contributed by atoms with Crippen LogP contribution in [0.4, 0.5) is 4.79 Å². The van der Waals surface area contributed by atoms with E-state index >= 15 is 0 Å². The van der Waals surface area contributed by atoms with Gasteiger partial charge in [-0.05, 0) is 20.8 Å². The zero-order valence-corrected chi connectivity index (χ0v) is 9.42. The van der Waals surface area contributed by atoms with Crippen LogP contribution in [0.1, 0.15) is 20.8 Å². The summed E-state index contributed by atoms with van der Waals surface area (Å²) in [5.74, 6) is -0.277. The second kappa shape index (κ2) is 6.06.